The highest BCUT2D eigenvalue weighted by molar-refractivity contribution is 5.91. The molecule has 0 atom stereocenters. The highest BCUT2D eigenvalue weighted by atomic mass is 16.5. The lowest BCUT2D eigenvalue weighted by molar-refractivity contribution is 0.0957. The first-order valence-corrected chi connectivity index (χ1v) is 8.70. The Labute approximate surface area is 152 Å². The highest BCUT2D eigenvalue weighted by Crippen LogP contribution is 2.26. The molecule has 1 N–H and O–H groups in total. The van der Waals surface area contributed by atoms with E-state index in [1.54, 1.807) is 7.05 Å². The van der Waals surface area contributed by atoms with Crippen molar-refractivity contribution >= 4 is 5.91 Å². The number of fused-ring (bicyclic) bond motifs is 1. The molecule has 0 fully saturated rings. The van der Waals surface area contributed by atoms with E-state index in [0.29, 0.717) is 5.88 Å². The summed E-state index contributed by atoms with van der Waals surface area (Å²) in [7, 11) is 1.56. The molecule has 1 amide bonds. The van der Waals surface area contributed by atoms with Crippen molar-refractivity contribution in [2.45, 2.75) is 12.8 Å². The number of hydrogen-bond donors (Lipinski definition) is 1. The lowest BCUT2D eigenvalue weighted by atomic mass is 10.0. The van der Waals surface area contributed by atoms with Crippen LogP contribution in [0.5, 0.6) is 11.6 Å². The number of allylic oxidation sites excluding steroid dienone is 3. The molecule has 4 rings (SSSR count). The lowest BCUT2D eigenvalue weighted by Gasteiger charge is -2.26. The van der Waals surface area contributed by atoms with Crippen LogP contribution in [0.1, 0.15) is 21.6 Å². The third-order valence-corrected chi connectivity index (χ3v) is 4.69. The Bertz CT molecular complexity index is 887. The lowest BCUT2D eigenvalue weighted by Crippen LogP contribution is -2.26. The number of amides is 1. The van der Waals surface area contributed by atoms with E-state index in [9.17, 15) is 4.79 Å². The number of benzene rings is 1. The Morgan fingerprint density at radius 3 is 2.62 bits per heavy atom. The summed E-state index contributed by atoms with van der Waals surface area (Å²) in [5, 5.41) is 2.52. The first-order chi connectivity index (χ1) is 12.7. The molecule has 1 aliphatic heterocycles. The molecule has 1 aromatic heterocycles. The van der Waals surface area contributed by atoms with Gasteiger partial charge in [-0.15, -0.1) is 0 Å². The number of hydrogen-bond acceptors (Lipinski definition) is 5. The van der Waals surface area contributed by atoms with Crippen LogP contribution in [0.2, 0.25) is 0 Å². The molecule has 6 heteroatoms. The van der Waals surface area contributed by atoms with Crippen molar-refractivity contribution in [2.75, 3.05) is 20.1 Å². The van der Waals surface area contributed by atoms with Crippen LogP contribution in [0.4, 0.5) is 0 Å². The van der Waals surface area contributed by atoms with Crippen LogP contribution in [0.3, 0.4) is 0 Å². The molecule has 0 saturated heterocycles. The van der Waals surface area contributed by atoms with Crippen LogP contribution in [0, 0.1) is 0 Å². The summed E-state index contributed by atoms with van der Waals surface area (Å²) in [6, 6.07) is 6.18. The number of rotatable bonds is 4. The number of carbonyl (C=O) groups excluding carboxylic acids is 1. The third kappa shape index (κ3) is 3.31. The second kappa shape index (κ2) is 7.00. The van der Waals surface area contributed by atoms with Gasteiger partial charge >= 0.3 is 0 Å². The van der Waals surface area contributed by atoms with Crippen molar-refractivity contribution in [3.8, 4) is 11.6 Å². The van der Waals surface area contributed by atoms with E-state index in [1.807, 2.05) is 6.07 Å². The monoisotopic (exact) mass is 348 g/mol. The normalized spacial score (nSPS) is 15.4. The number of carbonyl (C=O) groups is 1. The molecule has 6 nitrogen and oxygen atoms in total. The summed E-state index contributed by atoms with van der Waals surface area (Å²) in [4.78, 5) is 22.2. The first-order valence-electron chi connectivity index (χ1n) is 8.70. The van der Waals surface area contributed by atoms with Gasteiger partial charge in [-0.25, -0.2) is 9.97 Å². The van der Waals surface area contributed by atoms with Crippen LogP contribution < -0.4 is 10.1 Å². The summed E-state index contributed by atoms with van der Waals surface area (Å²) in [5.41, 5.74) is 4.26. The van der Waals surface area contributed by atoms with Gasteiger partial charge in [0.25, 0.3) is 5.91 Å². The molecular formula is C20H20N4O2. The van der Waals surface area contributed by atoms with Crippen molar-refractivity contribution in [3.63, 3.8) is 0 Å². The fourth-order valence-electron chi connectivity index (χ4n) is 3.15. The number of aromatic nitrogens is 2. The summed E-state index contributed by atoms with van der Waals surface area (Å²) in [6.45, 7) is 2.04. The first kappa shape index (κ1) is 16.3. The number of ether oxygens (including phenoxy) is 1. The van der Waals surface area contributed by atoms with Crippen LogP contribution in [0.15, 0.2) is 54.5 Å². The molecule has 0 unspecified atom stereocenters. The molecule has 1 aliphatic carbocycles. The van der Waals surface area contributed by atoms with Crippen molar-refractivity contribution in [2.24, 2.45) is 0 Å². The average Bonchev–Trinajstić information content (AvgIpc) is 2.83. The van der Waals surface area contributed by atoms with Gasteiger partial charge in [0.15, 0.2) is 0 Å². The predicted molar refractivity (Wildman–Crippen MR) is 98.1 cm³/mol. The number of nitrogens with zero attached hydrogens (tertiary/aromatic N) is 3. The molecule has 132 valence electrons. The maximum Gasteiger partial charge on any atom is 0.271 e. The summed E-state index contributed by atoms with van der Waals surface area (Å²) < 4.78 is 5.82. The molecule has 0 bridgehead atoms. The van der Waals surface area contributed by atoms with Gasteiger partial charge < -0.3 is 15.0 Å². The Balaban J connectivity index is 1.46. The summed E-state index contributed by atoms with van der Waals surface area (Å²) in [5.74, 6) is 0.842. The smallest absolute Gasteiger partial charge is 0.271 e. The van der Waals surface area contributed by atoms with E-state index >= 15 is 0 Å². The molecule has 2 heterocycles. The SMILES string of the molecule is CNC(=O)c1cnc(Oc2ccc3c(c2)CCN(C2=CC=C2)CC3)cn1. The van der Waals surface area contributed by atoms with E-state index < -0.39 is 0 Å². The van der Waals surface area contributed by atoms with Crippen molar-refractivity contribution < 1.29 is 9.53 Å². The van der Waals surface area contributed by atoms with Crippen LogP contribution in [-0.4, -0.2) is 40.9 Å². The van der Waals surface area contributed by atoms with Gasteiger partial charge in [-0.05, 0) is 48.3 Å². The molecule has 0 radical (unpaired) electrons. The van der Waals surface area contributed by atoms with Gasteiger partial charge in [0, 0.05) is 25.8 Å². The van der Waals surface area contributed by atoms with E-state index in [2.05, 4.69) is 50.5 Å². The van der Waals surface area contributed by atoms with Gasteiger partial charge in [0.2, 0.25) is 5.88 Å². The summed E-state index contributed by atoms with van der Waals surface area (Å²) >= 11 is 0. The zero-order chi connectivity index (χ0) is 17.9. The van der Waals surface area contributed by atoms with Gasteiger partial charge in [-0.3, -0.25) is 4.79 Å². The van der Waals surface area contributed by atoms with Gasteiger partial charge in [0.1, 0.15) is 11.4 Å². The molecule has 0 saturated carbocycles. The maximum atomic E-state index is 11.5. The number of nitrogens with one attached hydrogen (secondary N) is 1. The van der Waals surface area contributed by atoms with E-state index in [0.717, 1.165) is 31.7 Å². The van der Waals surface area contributed by atoms with E-state index in [4.69, 9.17) is 4.74 Å². The Morgan fingerprint density at radius 2 is 1.96 bits per heavy atom. The van der Waals surface area contributed by atoms with E-state index in [1.165, 1.54) is 29.2 Å². The minimum Gasteiger partial charge on any atom is -0.437 e. The second-order valence-electron chi connectivity index (χ2n) is 6.29. The fourth-order valence-corrected chi connectivity index (χ4v) is 3.15. The predicted octanol–water partition coefficient (Wildman–Crippen LogP) is 2.48. The molecule has 1 aromatic carbocycles. The average molecular weight is 348 g/mol. The fraction of sp³-hybridized carbons (Fsp3) is 0.250. The van der Waals surface area contributed by atoms with Crippen LogP contribution >= 0.6 is 0 Å². The largest absolute Gasteiger partial charge is 0.437 e. The Kier molecular flexibility index (Phi) is 4.39. The molecular weight excluding hydrogens is 328 g/mol. The molecule has 2 aliphatic rings. The Hall–Kier alpha value is -3.15. The third-order valence-electron chi connectivity index (χ3n) is 4.69. The van der Waals surface area contributed by atoms with Crippen LogP contribution in [0.25, 0.3) is 0 Å². The minimum atomic E-state index is -0.268. The topological polar surface area (TPSA) is 67.3 Å². The Morgan fingerprint density at radius 1 is 1.15 bits per heavy atom. The highest BCUT2D eigenvalue weighted by Gasteiger charge is 2.17. The van der Waals surface area contributed by atoms with Gasteiger partial charge in [-0.2, -0.15) is 0 Å². The van der Waals surface area contributed by atoms with Gasteiger partial charge in [-0.1, -0.05) is 12.1 Å². The van der Waals surface area contributed by atoms with Crippen LogP contribution in [-0.2, 0) is 12.8 Å². The minimum absolute atomic E-state index is 0.265. The standard InChI is InChI=1S/C20H20N4O2/c1-21-20(25)18-12-23-19(13-22-18)26-17-6-5-14-7-9-24(16-3-2-4-16)10-8-15(14)11-17/h2-6,11-13H,7-10H2,1H3,(H,21,25). The molecule has 0 spiro atoms. The molecule has 2 aromatic rings. The second-order valence-corrected chi connectivity index (χ2v) is 6.29. The van der Waals surface area contributed by atoms with E-state index in [-0.39, 0.29) is 11.6 Å². The zero-order valence-corrected chi connectivity index (χ0v) is 14.6. The summed E-state index contributed by atoms with van der Waals surface area (Å²) in [6.07, 6.45) is 11.3. The maximum absolute atomic E-state index is 11.5. The van der Waals surface area contributed by atoms with Gasteiger partial charge in [0.05, 0.1) is 12.4 Å². The zero-order valence-electron chi connectivity index (χ0n) is 14.6. The molecule has 26 heavy (non-hydrogen) atoms. The van der Waals surface area contributed by atoms with Crippen molar-refractivity contribution in [3.05, 3.63) is 71.3 Å². The quantitative estimate of drug-likeness (QED) is 0.919. The van der Waals surface area contributed by atoms with Crippen molar-refractivity contribution in [1.82, 2.24) is 20.2 Å². The van der Waals surface area contributed by atoms with Crippen molar-refractivity contribution in [1.29, 1.82) is 0 Å².